The van der Waals surface area contributed by atoms with Crippen molar-refractivity contribution in [2.75, 3.05) is 0 Å². The van der Waals surface area contributed by atoms with E-state index in [1.807, 2.05) is 6.07 Å². The molecule has 23 heavy (non-hydrogen) atoms. The number of fused-ring (bicyclic) bond motifs is 1. The molecule has 1 aromatic heterocycles. The Kier molecular flexibility index (Phi) is 4.09. The number of aromatic nitrogens is 2. The lowest BCUT2D eigenvalue weighted by atomic mass is 10.0. The summed E-state index contributed by atoms with van der Waals surface area (Å²) in [5.41, 5.74) is 0.318. The van der Waals surface area contributed by atoms with Gasteiger partial charge in [0.25, 0.3) is 5.56 Å². The molecule has 0 bridgehead atoms. The van der Waals surface area contributed by atoms with Crippen molar-refractivity contribution in [3.05, 3.63) is 75.0 Å². The number of hydrogen-bond acceptors (Lipinski definition) is 3. The van der Waals surface area contributed by atoms with Crippen LogP contribution in [-0.2, 0) is 4.79 Å². The summed E-state index contributed by atoms with van der Waals surface area (Å²) < 4.78 is 15.7. The van der Waals surface area contributed by atoms with Gasteiger partial charge in [-0.2, -0.15) is 0 Å². The average molecular weight is 375 g/mol. The van der Waals surface area contributed by atoms with Crippen molar-refractivity contribution in [1.82, 2.24) is 9.55 Å². The lowest BCUT2D eigenvalue weighted by molar-refractivity contribution is -0.119. The van der Waals surface area contributed by atoms with Crippen molar-refractivity contribution in [2.45, 2.75) is 13.0 Å². The smallest absolute Gasteiger partial charge is 0.265 e. The van der Waals surface area contributed by atoms with Crippen LogP contribution in [0, 0.1) is 5.82 Å². The molecule has 0 N–H and O–H groups in total. The largest absolute Gasteiger partial charge is 0.297 e. The Morgan fingerprint density at radius 2 is 1.91 bits per heavy atom. The van der Waals surface area contributed by atoms with E-state index in [9.17, 15) is 14.0 Å². The molecule has 116 valence electrons. The molecule has 1 unspecified atom stereocenters. The molecule has 0 aliphatic carbocycles. The number of nitrogens with zero attached hydrogens (tertiary/aromatic N) is 2. The predicted octanol–water partition coefficient (Wildman–Crippen LogP) is 3.48. The zero-order chi connectivity index (χ0) is 16.6. The standard InChI is InChI=1S/C17H12BrFN2O2/c1-10(22)16(11-5-3-2-4-6-11)21-9-20-13-8-7-12(18)15(19)14(13)17(21)23/h2-9,16H,1H3. The molecule has 0 aliphatic heterocycles. The first-order valence-electron chi connectivity index (χ1n) is 6.91. The molecule has 1 atom stereocenters. The van der Waals surface area contributed by atoms with Gasteiger partial charge in [0.2, 0.25) is 0 Å². The molecule has 6 heteroatoms. The first-order valence-corrected chi connectivity index (χ1v) is 7.70. The number of benzene rings is 2. The van der Waals surface area contributed by atoms with Gasteiger partial charge in [0.1, 0.15) is 11.4 Å². The third-order valence-corrected chi connectivity index (χ3v) is 4.23. The molecule has 0 amide bonds. The quantitative estimate of drug-likeness (QED) is 0.705. The van der Waals surface area contributed by atoms with Crippen LogP contribution in [0.2, 0.25) is 0 Å². The molecule has 0 fully saturated rings. The maximum Gasteiger partial charge on any atom is 0.265 e. The molecule has 3 aromatic rings. The fourth-order valence-corrected chi connectivity index (χ4v) is 2.90. The SMILES string of the molecule is CC(=O)C(c1ccccc1)n1cnc2ccc(Br)c(F)c2c1=O. The van der Waals surface area contributed by atoms with E-state index in [0.717, 1.165) is 0 Å². The van der Waals surface area contributed by atoms with Crippen molar-refractivity contribution in [3.8, 4) is 0 Å². The van der Waals surface area contributed by atoms with Gasteiger partial charge >= 0.3 is 0 Å². The summed E-state index contributed by atoms with van der Waals surface area (Å²) in [5, 5.41) is -0.135. The summed E-state index contributed by atoms with van der Waals surface area (Å²) in [4.78, 5) is 28.9. The Bertz CT molecular complexity index is 954. The van der Waals surface area contributed by atoms with Crippen LogP contribution in [0.1, 0.15) is 18.5 Å². The third kappa shape index (κ3) is 2.70. The minimum Gasteiger partial charge on any atom is -0.297 e. The fourth-order valence-electron chi connectivity index (χ4n) is 2.57. The predicted molar refractivity (Wildman–Crippen MR) is 88.9 cm³/mol. The molecule has 0 aliphatic rings. The Morgan fingerprint density at radius 1 is 1.22 bits per heavy atom. The van der Waals surface area contributed by atoms with E-state index in [-0.39, 0.29) is 21.2 Å². The van der Waals surface area contributed by atoms with Gasteiger partial charge in [-0.05, 0) is 40.5 Å². The van der Waals surface area contributed by atoms with Gasteiger partial charge in [-0.15, -0.1) is 0 Å². The molecular formula is C17H12BrFN2O2. The van der Waals surface area contributed by atoms with E-state index in [2.05, 4.69) is 20.9 Å². The molecule has 2 aromatic carbocycles. The van der Waals surface area contributed by atoms with Gasteiger partial charge in [-0.3, -0.25) is 14.2 Å². The highest BCUT2D eigenvalue weighted by atomic mass is 79.9. The van der Waals surface area contributed by atoms with Gasteiger partial charge in [0.15, 0.2) is 11.6 Å². The van der Waals surface area contributed by atoms with Crippen LogP contribution in [0.5, 0.6) is 0 Å². The highest BCUT2D eigenvalue weighted by Crippen LogP contribution is 2.23. The highest BCUT2D eigenvalue weighted by Gasteiger charge is 2.22. The number of carbonyl (C=O) groups excluding carboxylic acids is 1. The average Bonchev–Trinajstić information content (AvgIpc) is 2.54. The minimum absolute atomic E-state index is 0.135. The molecule has 0 saturated carbocycles. The van der Waals surface area contributed by atoms with Crippen molar-refractivity contribution in [1.29, 1.82) is 0 Å². The van der Waals surface area contributed by atoms with Crippen LogP contribution in [-0.4, -0.2) is 15.3 Å². The first kappa shape index (κ1) is 15.6. The van der Waals surface area contributed by atoms with E-state index in [1.165, 1.54) is 23.9 Å². The van der Waals surface area contributed by atoms with Crippen molar-refractivity contribution in [3.63, 3.8) is 0 Å². The topological polar surface area (TPSA) is 52.0 Å². The van der Waals surface area contributed by atoms with Crippen molar-refractivity contribution < 1.29 is 9.18 Å². The van der Waals surface area contributed by atoms with Crippen molar-refractivity contribution in [2.24, 2.45) is 0 Å². The lowest BCUT2D eigenvalue weighted by Gasteiger charge is -2.17. The summed E-state index contributed by atoms with van der Waals surface area (Å²) in [6, 6.07) is 11.1. The zero-order valence-corrected chi connectivity index (χ0v) is 13.7. The van der Waals surface area contributed by atoms with E-state index in [0.29, 0.717) is 5.56 Å². The van der Waals surface area contributed by atoms with Crippen LogP contribution >= 0.6 is 15.9 Å². The maximum absolute atomic E-state index is 14.3. The third-order valence-electron chi connectivity index (χ3n) is 3.62. The number of Topliss-reactive ketones (excluding diaryl/α,β-unsaturated/α-hetero) is 1. The van der Waals surface area contributed by atoms with Gasteiger partial charge in [-0.25, -0.2) is 9.37 Å². The Hall–Kier alpha value is -2.34. The second kappa shape index (κ2) is 6.04. The van der Waals surface area contributed by atoms with Gasteiger partial charge in [0.05, 0.1) is 16.3 Å². The molecular weight excluding hydrogens is 363 g/mol. The number of carbonyl (C=O) groups is 1. The van der Waals surface area contributed by atoms with Crippen LogP contribution in [0.4, 0.5) is 4.39 Å². The van der Waals surface area contributed by atoms with E-state index >= 15 is 0 Å². The maximum atomic E-state index is 14.3. The van der Waals surface area contributed by atoms with Crippen molar-refractivity contribution >= 4 is 32.6 Å². The molecule has 0 spiro atoms. The number of halogens is 2. The molecule has 3 rings (SSSR count). The summed E-state index contributed by atoms with van der Waals surface area (Å²) in [6.45, 7) is 1.39. The molecule has 1 heterocycles. The summed E-state index contributed by atoms with van der Waals surface area (Å²) >= 11 is 3.07. The van der Waals surface area contributed by atoms with Gasteiger partial charge in [0, 0.05) is 0 Å². The van der Waals surface area contributed by atoms with Gasteiger partial charge < -0.3 is 0 Å². The Labute approximate surface area is 139 Å². The summed E-state index contributed by atoms with van der Waals surface area (Å²) in [7, 11) is 0. The normalized spacial score (nSPS) is 12.3. The van der Waals surface area contributed by atoms with Gasteiger partial charge in [-0.1, -0.05) is 30.3 Å². The summed E-state index contributed by atoms with van der Waals surface area (Å²) in [6.07, 6.45) is 1.29. The molecule has 0 radical (unpaired) electrons. The second-order valence-electron chi connectivity index (χ2n) is 5.14. The van der Waals surface area contributed by atoms with Crippen LogP contribution in [0.25, 0.3) is 10.9 Å². The fraction of sp³-hybridized carbons (Fsp3) is 0.118. The zero-order valence-electron chi connectivity index (χ0n) is 12.2. The first-order chi connectivity index (χ1) is 11.0. The molecule has 4 nitrogen and oxygen atoms in total. The van der Waals surface area contributed by atoms with Crippen LogP contribution < -0.4 is 5.56 Å². The monoisotopic (exact) mass is 374 g/mol. The van der Waals surface area contributed by atoms with E-state index in [4.69, 9.17) is 0 Å². The van der Waals surface area contributed by atoms with E-state index in [1.54, 1.807) is 30.3 Å². The van der Waals surface area contributed by atoms with E-state index < -0.39 is 17.4 Å². The number of ketones is 1. The second-order valence-corrected chi connectivity index (χ2v) is 5.99. The Morgan fingerprint density at radius 3 is 2.57 bits per heavy atom. The van der Waals surface area contributed by atoms with Crippen LogP contribution in [0.3, 0.4) is 0 Å². The van der Waals surface area contributed by atoms with Crippen LogP contribution in [0.15, 0.2) is 58.1 Å². The lowest BCUT2D eigenvalue weighted by Crippen LogP contribution is -2.30. The Balaban J connectivity index is 2.31. The molecule has 0 saturated heterocycles. The summed E-state index contributed by atoms with van der Waals surface area (Å²) in [5.74, 6) is -0.903. The minimum atomic E-state index is -0.834. The highest BCUT2D eigenvalue weighted by molar-refractivity contribution is 9.10. The number of rotatable bonds is 3. The number of hydrogen-bond donors (Lipinski definition) is 0.